The topological polar surface area (TPSA) is 17.1 Å². The van der Waals surface area contributed by atoms with Crippen molar-refractivity contribution in [1.29, 1.82) is 0 Å². The van der Waals surface area contributed by atoms with Gasteiger partial charge in [-0.15, -0.1) is 0 Å². The van der Waals surface area contributed by atoms with E-state index in [2.05, 4.69) is 24.3 Å². The molecule has 0 saturated heterocycles. The SMILES string of the molecule is O=P(CCC=Cc1ccccc1)(c1ccccc1)c1ccccc1. The van der Waals surface area contributed by atoms with Crippen LogP contribution in [0.25, 0.3) is 6.08 Å². The van der Waals surface area contributed by atoms with Gasteiger partial charge in [-0.2, -0.15) is 0 Å². The monoisotopic (exact) mass is 332 g/mol. The van der Waals surface area contributed by atoms with E-state index in [9.17, 15) is 4.57 Å². The summed E-state index contributed by atoms with van der Waals surface area (Å²) in [6.45, 7) is 0. The minimum absolute atomic E-state index is 0.643. The molecule has 0 aliphatic heterocycles. The highest BCUT2D eigenvalue weighted by molar-refractivity contribution is 7.78. The van der Waals surface area contributed by atoms with Crippen molar-refractivity contribution in [2.75, 3.05) is 6.16 Å². The summed E-state index contributed by atoms with van der Waals surface area (Å²) >= 11 is 0. The summed E-state index contributed by atoms with van der Waals surface area (Å²) in [7, 11) is -2.60. The Morgan fingerprint density at radius 1 is 0.667 bits per heavy atom. The molecule has 24 heavy (non-hydrogen) atoms. The smallest absolute Gasteiger partial charge is 0.143 e. The third-order valence-corrected chi connectivity index (χ3v) is 7.22. The number of benzene rings is 3. The molecule has 0 aromatic heterocycles. The van der Waals surface area contributed by atoms with Crippen LogP contribution in [-0.2, 0) is 4.57 Å². The molecule has 0 heterocycles. The van der Waals surface area contributed by atoms with Crippen LogP contribution in [-0.4, -0.2) is 6.16 Å². The molecular weight excluding hydrogens is 311 g/mol. The largest absolute Gasteiger partial charge is 0.314 e. The standard InChI is InChI=1S/C22H21OP/c23-24(21-15-6-2-7-16-21,22-17-8-3-9-18-22)19-11-10-14-20-12-4-1-5-13-20/h1-10,12-18H,11,19H2. The lowest BCUT2D eigenvalue weighted by Gasteiger charge is -2.18. The highest BCUT2D eigenvalue weighted by Crippen LogP contribution is 2.43. The Labute approximate surface area is 144 Å². The maximum atomic E-state index is 13.8. The van der Waals surface area contributed by atoms with Crippen molar-refractivity contribution >= 4 is 23.8 Å². The Bertz CT molecular complexity index is 780. The van der Waals surface area contributed by atoms with Crippen LogP contribution in [0.5, 0.6) is 0 Å². The van der Waals surface area contributed by atoms with E-state index in [0.29, 0.717) is 6.16 Å². The Hall–Kier alpha value is -2.37. The highest BCUT2D eigenvalue weighted by atomic mass is 31.2. The number of hydrogen-bond acceptors (Lipinski definition) is 1. The molecule has 0 radical (unpaired) electrons. The van der Waals surface area contributed by atoms with Crippen molar-refractivity contribution in [2.24, 2.45) is 0 Å². The lowest BCUT2D eigenvalue weighted by molar-refractivity contribution is 0.587. The summed E-state index contributed by atoms with van der Waals surface area (Å²) in [5, 5.41) is 1.87. The fourth-order valence-corrected chi connectivity index (χ4v) is 5.42. The minimum atomic E-state index is -2.60. The molecule has 120 valence electrons. The average molecular weight is 332 g/mol. The Balaban J connectivity index is 1.81. The van der Waals surface area contributed by atoms with E-state index in [4.69, 9.17) is 0 Å². The molecule has 0 aliphatic rings. The first-order chi connectivity index (χ1) is 11.8. The highest BCUT2D eigenvalue weighted by Gasteiger charge is 2.25. The summed E-state index contributed by atoms with van der Waals surface area (Å²) in [6.07, 6.45) is 5.65. The fraction of sp³-hybridized carbons (Fsp3) is 0.0909. The molecule has 0 fully saturated rings. The molecule has 0 spiro atoms. The molecule has 3 aromatic carbocycles. The van der Waals surface area contributed by atoms with E-state index in [0.717, 1.165) is 17.0 Å². The second-order valence-corrected chi connectivity index (χ2v) is 8.70. The molecule has 2 heteroatoms. The Morgan fingerprint density at radius 3 is 1.62 bits per heavy atom. The molecule has 3 rings (SSSR count). The molecule has 0 unspecified atom stereocenters. The quantitative estimate of drug-likeness (QED) is 0.574. The van der Waals surface area contributed by atoms with Crippen LogP contribution in [0.1, 0.15) is 12.0 Å². The van der Waals surface area contributed by atoms with Crippen molar-refractivity contribution in [3.05, 3.63) is 103 Å². The van der Waals surface area contributed by atoms with Gasteiger partial charge in [0.05, 0.1) is 0 Å². The van der Waals surface area contributed by atoms with E-state index >= 15 is 0 Å². The summed E-state index contributed by atoms with van der Waals surface area (Å²) in [6, 6.07) is 29.9. The first-order valence-electron chi connectivity index (χ1n) is 8.21. The van der Waals surface area contributed by atoms with Gasteiger partial charge in [-0.05, 0) is 12.0 Å². The third kappa shape index (κ3) is 3.93. The zero-order valence-corrected chi connectivity index (χ0v) is 14.5. The molecule has 0 bridgehead atoms. The van der Waals surface area contributed by atoms with Gasteiger partial charge in [0.25, 0.3) is 0 Å². The van der Waals surface area contributed by atoms with Crippen LogP contribution >= 0.6 is 7.14 Å². The van der Waals surface area contributed by atoms with Gasteiger partial charge in [-0.3, -0.25) is 0 Å². The average Bonchev–Trinajstić information content (AvgIpc) is 2.67. The molecule has 3 aromatic rings. The van der Waals surface area contributed by atoms with E-state index < -0.39 is 7.14 Å². The van der Waals surface area contributed by atoms with Crippen LogP contribution in [0.2, 0.25) is 0 Å². The lowest BCUT2D eigenvalue weighted by Crippen LogP contribution is -2.18. The second kappa shape index (κ2) is 7.95. The van der Waals surface area contributed by atoms with Crippen LogP contribution in [0, 0.1) is 0 Å². The Morgan fingerprint density at radius 2 is 1.12 bits per heavy atom. The number of allylic oxidation sites excluding steroid dienone is 1. The van der Waals surface area contributed by atoms with Gasteiger partial charge in [0.2, 0.25) is 0 Å². The molecule has 1 nitrogen and oxygen atoms in total. The van der Waals surface area contributed by atoms with Crippen molar-refractivity contribution in [2.45, 2.75) is 6.42 Å². The molecular formula is C22H21OP. The van der Waals surface area contributed by atoms with E-state index in [1.807, 2.05) is 78.9 Å². The molecule has 0 atom stereocenters. The van der Waals surface area contributed by atoms with Gasteiger partial charge in [-0.25, -0.2) is 0 Å². The van der Waals surface area contributed by atoms with E-state index in [1.165, 1.54) is 5.56 Å². The van der Waals surface area contributed by atoms with Gasteiger partial charge < -0.3 is 4.57 Å². The van der Waals surface area contributed by atoms with Gasteiger partial charge in [-0.1, -0.05) is 103 Å². The maximum absolute atomic E-state index is 13.8. The molecule has 0 saturated carbocycles. The molecule has 0 N–H and O–H groups in total. The van der Waals surface area contributed by atoms with Crippen LogP contribution in [0.15, 0.2) is 97.1 Å². The maximum Gasteiger partial charge on any atom is 0.143 e. The van der Waals surface area contributed by atoms with Crippen molar-refractivity contribution < 1.29 is 4.57 Å². The van der Waals surface area contributed by atoms with E-state index in [1.54, 1.807) is 0 Å². The first kappa shape index (κ1) is 16.5. The lowest BCUT2D eigenvalue weighted by atomic mass is 10.2. The summed E-state index contributed by atoms with van der Waals surface area (Å²) in [5.41, 5.74) is 1.17. The van der Waals surface area contributed by atoms with Crippen molar-refractivity contribution in [3.63, 3.8) is 0 Å². The van der Waals surface area contributed by atoms with Gasteiger partial charge in [0, 0.05) is 16.8 Å². The first-order valence-corrected chi connectivity index (χ1v) is 10.1. The summed E-state index contributed by atoms with van der Waals surface area (Å²) in [5.74, 6) is 0. The minimum Gasteiger partial charge on any atom is -0.314 e. The fourth-order valence-electron chi connectivity index (χ4n) is 2.78. The van der Waals surface area contributed by atoms with Gasteiger partial charge >= 0.3 is 0 Å². The van der Waals surface area contributed by atoms with Crippen molar-refractivity contribution in [3.8, 4) is 0 Å². The number of rotatable bonds is 6. The third-order valence-electron chi connectivity index (χ3n) is 4.07. The predicted molar refractivity (Wildman–Crippen MR) is 105 cm³/mol. The van der Waals surface area contributed by atoms with Gasteiger partial charge in [0.1, 0.15) is 7.14 Å². The van der Waals surface area contributed by atoms with Crippen molar-refractivity contribution in [1.82, 2.24) is 0 Å². The zero-order valence-electron chi connectivity index (χ0n) is 13.6. The normalized spacial score (nSPS) is 11.7. The number of hydrogen-bond donors (Lipinski definition) is 0. The summed E-state index contributed by atoms with van der Waals surface area (Å²) < 4.78 is 13.8. The summed E-state index contributed by atoms with van der Waals surface area (Å²) in [4.78, 5) is 0. The van der Waals surface area contributed by atoms with Crippen LogP contribution in [0.3, 0.4) is 0 Å². The van der Waals surface area contributed by atoms with Gasteiger partial charge in [0.15, 0.2) is 0 Å². The molecule has 0 amide bonds. The second-order valence-electron chi connectivity index (χ2n) is 5.74. The van der Waals surface area contributed by atoms with E-state index in [-0.39, 0.29) is 0 Å². The van der Waals surface area contributed by atoms with Crippen LogP contribution in [0.4, 0.5) is 0 Å². The van der Waals surface area contributed by atoms with Crippen LogP contribution < -0.4 is 10.6 Å². The zero-order chi connectivity index (χ0) is 16.7. The predicted octanol–water partition coefficient (Wildman–Crippen LogP) is 5.10. The Kier molecular flexibility index (Phi) is 5.46. The molecule has 0 aliphatic carbocycles.